The number of likely N-dealkylation sites (N-methyl/N-ethyl adjacent to an activating group) is 1. The van der Waals surface area contributed by atoms with Crippen LogP contribution < -0.4 is 10.2 Å². The minimum absolute atomic E-state index is 0.00783. The molecule has 0 spiro atoms. The number of nitrogens with one attached hydrogen (secondary N) is 1. The van der Waals surface area contributed by atoms with Crippen LogP contribution in [-0.2, 0) is 18.4 Å². The van der Waals surface area contributed by atoms with Crippen LogP contribution in [0.3, 0.4) is 0 Å². The fourth-order valence-electron chi connectivity index (χ4n) is 7.97. The highest BCUT2D eigenvalue weighted by Gasteiger charge is 2.23. The highest BCUT2D eigenvalue weighted by atomic mass is 31.2. The van der Waals surface area contributed by atoms with E-state index in [2.05, 4.69) is 43.5 Å². The lowest BCUT2D eigenvalue weighted by atomic mass is 10.0. The van der Waals surface area contributed by atoms with Gasteiger partial charge in [-0.15, -0.1) is 0 Å². The Labute approximate surface area is 397 Å². The zero-order valence-corrected chi connectivity index (χ0v) is 43.9. The number of amides is 1. The van der Waals surface area contributed by atoms with Crippen LogP contribution in [0.1, 0.15) is 258 Å². The van der Waals surface area contributed by atoms with Gasteiger partial charge in [-0.25, -0.2) is 0 Å². The summed E-state index contributed by atoms with van der Waals surface area (Å²) in [6.45, 7) is 4.59. The maximum atomic E-state index is 12.8. The first-order chi connectivity index (χ1) is 31.0. The molecule has 1 amide bonds. The number of hydrogen-bond donors (Lipinski definition) is 2. The van der Waals surface area contributed by atoms with Gasteiger partial charge in [-0.05, 0) is 51.4 Å². The van der Waals surface area contributed by atoms with Crippen molar-refractivity contribution in [2.24, 2.45) is 0 Å². The number of aliphatic hydroxyl groups is 1. The number of carbonyl (C=O) groups excluding carboxylic acids is 1. The fraction of sp³-hybridized carbons (Fsp3) is 0.873. The summed E-state index contributed by atoms with van der Waals surface area (Å²) >= 11 is 0. The minimum atomic E-state index is -4.60. The molecule has 8 nitrogen and oxygen atoms in total. The van der Waals surface area contributed by atoms with E-state index in [0.29, 0.717) is 17.4 Å². The van der Waals surface area contributed by atoms with E-state index >= 15 is 0 Å². The summed E-state index contributed by atoms with van der Waals surface area (Å²) in [6.07, 6.45) is 59.6. The lowest BCUT2D eigenvalue weighted by Crippen LogP contribution is -2.45. The third-order valence-corrected chi connectivity index (χ3v) is 13.3. The van der Waals surface area contributed by atoms with Crippen molar-refractivity contribution >= 4 is 13.7 Å². The van der Waals surface area contributed by atoms with Crippen molar-refractivity contribution in [2.45, 2.75) is 270 Å². The SMILES string of the molecule is CCCC/C=C\CCCCCCCC(=O)NC(COP(=O)([O-])OCC[N+](C)(C)C)C(O)/C=C/CC/C=C/CCCCCCCCCCCCCCCCCCCCCCCCCCC. The Morgan fingerprint density at radius 2 is 0.891 bits per heavy atom. The first kappa shape index (κ1) is 62.7. The largest absolute Gasteiger partial charge is 0.756 e. The van der Waals surface area contributed by atoms with Gasteiger partial charge < -0.3 is 28.8 Å². The highest BCUT2D eigenvalue weighted by molar-refractivity contribution is 7.45. The van der Waals surface area contributed by atoms with Crippen molar-refractivity contribution in [3.8, 4) is 0 Å². The Balaban J connectivity index is 4.10. The van der Waals surface area contributed by atoms with Crippen LogP contribution in [0, 0.1) is 0 Å². The summed E-state index contributed by atoms with van der Waals surface area (Å²) in [5.41, 5.74) is 0. The van der Waals surface area contributed by atoms with Crippen LogP contribution in [0.2, 0.25) is 0 Å². The predicted molar refractivity (Wildman–Crippen MR) is 275 cm³/mol. The number of rotatable bonds is 50. The van der Waals surface area contributed by atoms with Crippen LogP contribution in [0.5, 0.6) is 0 Å². The molecule has 0 aliphatic heterocycles. The van der Waals surface area contributed by atoms with Crippen LogP contribution in [-0.4, -0.2) is 68.5 Å². The average molecular weight is 923 g/mol. The van der Waals surface area contributed by atoms with Crippen LogP contribution in [0.25, 0.3) is 0 Å². The maximum absolute atomic E-state index is 12.8. The van der Waals surface area contributed by atoms with Crippen molar-refractivity contribution in [1.82, 2.24) is 5.32 Å². The molecule has 0 aromatic heterocycles. The third-order valence-electron chi connectivity index (χ3n) is 12.3. The Morgan fingerprint density at radius 3 is 1.31 bits per heavy atom. The Kier molecular flexibility index (Phi) is 45.9. The van der Waals surface area contributed by atoms with Crippen molar-refractivity contribution in [2.75, 3.05) is 40.9 Å². The van der Waals surface area contributed by atoms with E-state index in [0.717, 1.165) is 64.2 Å². The van der Waals surface area contributed by atoms with Crippen molar-refractivity contribution in [1.29, 1.82) is 0 Å². The van der Waals surface area contributed by atoms with Gasteiger partial charge in [0.15, 0.2) is 0 Å². The number of phosphoric acid groups is 1. The molecule has 378 valence electrons. The molecule has 2 N–H and O–H groups in total. The summed E-state index contributed by atoms with van der Waals surface area (Å²) in [4.78, 5) is 25.3. The third kappa shape index (κ3) is 48.6. The molecule has 0 saturated heterocycles. The number of quaternary nitrogens is 1. The normalized spacial score (nSPS) is 14.3. The fourth-order valence-corrected chi connectivity index (χ4v) is 8.70. The molecule has 64 heavy (non-hydrogen) atoms. The van der Waals surface area contributed by atoms with Crippen LogP contribution >= 0.6 is 7.82 Å². The molecule has 0 aromatic carbocycles. The molecule has 0 heterocycles. The molecular weight excluding hydrogens is 816 g/mol. The van der Waals surface area contributed by atoms with Gasteiger partial charge >= 0.3 is 0 Å². The molecule has 0 saturated carbocycles. The molecule has 0 radical (unpaired) electrons. The molecule has 0 aromatic rings. The van der Waals surface area contributed by atoms with Gasteiger partial charge in [0, 0.05) is 6.42 Å². The monoisotopic (exact) mass is 923 g/mol. The predicted octanol–water partition coefficient (Wildman–Crippen LogP) is 15.6. The zero-order chi connectivity index (χ0) is 47.1. The second kappa shape index (κ2) is 46.8. The number of phosphoric ester groups is 1. The minimum Gasteiger partial charge on any atom is -0.756 e. The van der Waals surface area contributed by atoms with Gasteiger partial charge in [-0.3, -0.25) is 9.36 Å². The molecule has 3 unspecified atom stereocenters. The standard InChI is InChI=1S/C55H107N2O6P/c1-6-8-10-12-14-16-18-19-20-21-22-23-24-25-26-27-28-29-30-31-32-33-34-35-36-37-39-40-42-44-46-48-54(58)53(52-63-64(60,61)62-51-50-57(3,4)5)56-55(59)49-47-45-43-41-38-17-15-13-11-9-7-2/h13,15,39-40,46,48,53-54,58H,6-12,14,16-38,41-45,47,49-52H2,1-5H3,(H-,56,59,60,61)/b15-13-,40-39+,48-46+. The van der Waals surface area contributed by atoms with E-state index in [9.17, 15) is 19.4 Å². The first-order valence-corrected chi connectivity index (χ1v) is 28.8. The lowest BCUT2D eigenvalue weighted by molar-refractivity contribution is -0.870. The van der Waals surface area contributed by atoms with E-state index in [4.69, 9.17) is 9.05 Å². The summed E-state index contributed by atoms with van der Waals surface area (Å²) in [7, 11) is 1.24. The quantitative estimate of drug-likeness (QED) is 0.0272. The summed E-state index contributed by atoms with van der Waals surface area (Å²) in [5, 5.41) is 13.8. The van der Waals surface area contributed by atoms with Crippen LogP contribution in [0.4, 0.5) is 0 Å². The Bertz CT molecular complexity index is 1140. The zero-order valence-electron chi connectivity index (χ0n) is 43.0. The van der Waals surface area contributed by atoms with Gasteiger partial charge in [0.25, 0.3) is 7.82 Å². The number of aliphatic hydroxyl groups excluding tert-OH is 1. The number of nitrogens with zero attached hydrogens (tertiary/aromatic N) is 1. The average Bonchev–Trinajstić information content (AvgIpc) is 3.25. The van der Waals surface area contributed by atoms with Gasteiger partial charge in [0.2, 0.25) is 5.91 Å². The molecule has 9 heteroatoms. The second-order valence-electron chi connectivity index (χ2n) is 19.9. The molecule has 0 aliphatic carbocycles. The Morgan fingerprint density at radius 1 is 0.531 bits per heavy atom. The lowest BCUT2D eigenvalue weighted by Gasteiger charge is -2.29. The van der Waals surface area contributed by atoms with Gasteiger partial charge in [0.05, 0.1) is 39.9 Å². The number of carbonyl (C=O) groups is 1. The van der Waals surface area contributed by atoms with Crippen molar-refractivity contribution < 1.29 is 32.9 Å². The van der Waals surface area contributed by atoms with Gasteiger partial charge in [-0.1, -0.05) is 237 Å². The summed E-state index contributed by atoms with van der Waals surface area (Å²) in [6, 6.07) is -0.906. The molecular formula is C55H107N2O6P. The van der Waals surface area contributed by atoms with E-state index < -0.39 is 26.6 Å². The van der Waals surface area contributed by atoms with Gasteiger partial charge in [0.1, 0.15) is 13.2 Å². The van der Waals surface area contributed by atoms with Crippen molar-refractivity contribution in [3.63, 3.8) is 0 Å². The smallest absolute Gasteiger partial charge is 0.268 e. The van der Waals surface area contributed by atoms with Gasteiger partial charge in [-0.2, -0.15) is 0 Å². The van der Waals surface area contributed by atoms with E-state index in [-0.39, 0.29) is 12.5 Å². The number of unbranched alkanes of at least 4 members (excludes halogenated alkanes) is 33. The van der Waals surface area contributed by atoms with E-state index in [1.54, 1.807) is 6.08 Å². The summed E-state index contributed by atoms with van der Waals surface area (Å²) < 4.78 is 23.2. The highest BCUT2D eigenvalue weighted by Crippen LogP contribution is 2.38. The second-order valence-corrected chi connectivity index (χ2v) is 21.3. The number of allylic oxidation sites excluding steroid dienone is 5. The first-order valence-electron chi connectivity index (χ1n) is 27.4. The molecule has 0 bridgehead atoms. The maximum Gasteiger partial charge on any atom is 0.268 e. The molecule has 3 atom stereocenters. The molecule has 0 fully saturated rings. The van der Waals surface area contributed by atoms with E-state index in [1.807, 2.05) is 27.2 Å². The topological polar surface area (TPSA) is 108 Å². The van der Waals surface area contributed by atoms with Crippen molar-refractivity contribution in [3.05, 3.63) is 36.5 Å². The van der Waals surface area contributed by atoms with E-state index in [1.165, 1.54) is 173 Å². The number of hydrogen-bond acceptors (Lipinski definition) is 6. The molecule has 0 aliphatic rings. The molecule has 0 rings (SSSR count). The summed E-state index contributed by atoms with van der Waals surface area (Å²) in [5.74, 6) is -0.217. The Hall–Kier alpha value is -1.28. The van der Waals surface area contributed by atoms with Crippen LogP contribution in [0.15, 0.2) is 36.5 Å².